The van der Waals surface area contributed by atoms with Crippen LogP contribution in [0.4, 0.5) is 4.79 Å². The van der Waals surface area contributed by atoms with Crippen molar-refractivity contribution in [1.29, 1.82) is 0 Å². The quantitative estimate of drug-likeness (QED) is 0.908. The van der Waals surface area contributed by atoms with Crippen molar-refractivity contribution < 1.29 is 14.6 Å². The largest absolute Gasteiger partial charge is 0.445 e. The molecule has 0 aromatic heterocycles. The highest BCUT2D eigenvalue weighted by atomic mass is 16.6. The number of carbonyl (C=O) groups excluding carboxylic acids is 1. The molecule has 1 aromatic rings. The van der Waals surface area contributed by atoms with Crippen LogP contribution in [0.1, 0.15) is 31.7 Å². The van der Waals surface area contributed by atoms with Crippen LogP contribution in [-0.4, -0.2) is 34.8 Å². The van der Waals surface area contributed by atoms with Gasteiger partial charge in [-0.1, -0.05) is 37.3 Å². The molecule has 1 unspecified atom stereocenters. The van der Waals surface area contributed by atoms with Crippen LogP contribution in [0.2, 0.25) is 0 Å². The number of rotatable bonds is 4. The second kappa shape index (κ2) is 6.57. The Morgan fingerprint density at radius 2 is 2.21 bits per heavy atom. The Morgan fingerprint density at radius 1 is 1.47 bits per heavy atom. The molecule has 2 rings (SSSR count). The van der Waals surface area contributed by atoms with Crippen LogP contribution in [0.25, 0.3) is 0 Å². The normalized spacial score (nSPS) is 20.3. The number of hydrogen-bond acceptors (Lipinski definition) is 3. The van der Waals surface area contributed by atoms with Crippen LogP contribution in [0.5, 0.6) is 0 Å². The first-order chi connectivity index (χ1) is 9.22. The number of carbonyl (C=O) groups is 1. The van der Waals surface area contributed by atoms with Crippen LogP contribution in [0, 0.1) is 0 Å². The number of ether oxygens (including phenoxy) is 1. The van der Waals surface area contributed by atoms with E-state index in [1.54, 1.807) is 4.90 Å². The van der Waals surface area contributed by atoms with Gasteiger partial charge in [0.05, 0.1) is 12.1 Å². The molecule has 1 aromatic carbocycles. The molecular formula is C15H21NO3. The van der Waals surface area contributed by atoms with Gasteiger partial charge in [-0.2, -0.15) is 0 Å². The number of aliphatic hydroxyl groups is 1. The summed E-state index contributed by atoms with van der Waals surface area (Å²) < 4.78 is 5.31. The molecule has 0 spiro atoms. The van der Waals surface area contributed by atoms with E-state index in [1.165, 1.54) is 0 Å². The van der Waals surface area contributed by atoms with Gasteiger partial charge in [0.2, 0.25) is 0 Å². The third-order valence-corrected chi connectivity index (χ3v) is 3.60. The minimum absolute atomic E-state index is 0.0896. The number of aliphatic hydroxyl groups excluding tert-OH is 1. The van der Waals surface area contributed by atoms with E-state index in [4.69, 9.17) is 4.74 Å². The van der Waals surface area contributed by atoms with Crippen LogP contribution in [0.15, 0.2) is 30.3 Å². The smallest absolute Gasteiger partial charge is 0.410 e. The number of nitrogens with zero attached hydrogens (tertiary/aromatic N) is 1. The summed E-state index contributed by atoms with van der Waals surface area (Å²) in [6, 6.07) is 9.53. The van der Waals surface area contributed by atoms with E-state index in [-0.39, 0.29) is 18.7 Å². The predicted octanol–water partition coefficient (Wildman–Crippen LogP) is 2.56. The van der Waals surface area contributed by atoms with Gasteiger partial charge in [-0.15, -0.1) is 0 Å². The summed E-state index contributed by atoms with van der Waals surface area (Å²) in [7, 11) is 0. The average Bonchev–Trinajstić information content (AvgIpc) is 2.94. The lowest BCUT2D eigenvalue weighted by Gasteiger charge is -2.27. The van der Waals surface area contributed by atoms with Crippen molar-refractivity contribution in [2.24, 2.45) is 0 Å². The van der Waals surface area contributed by atoms with E-state index in [1.807, 2.05) is 37.3 Å². The fraction of sp³-hybridized carbons (Fsp3) is 0.533. The molecule has 0 bridgehead atoms. The maximum atomic E-state index is 12.0. The summed E-state index contributed by atoms with van der Waals surface area (Å²) in [6.45, 7) is 2.89. The van der Waals surface area contributed by atoms with Gasteiger partial charge in [0.1, 0.15) is 6.61 Å². The van der Waals surface area contributed by atoms with Crippen LogP contribution in [0.3, 0.4) is 0 Å². The Kier molecular flexibility index (Phi) is 4.80. The van der Waals surface area contributed by atoms with Crippen molar-refractivity contribution in [2.45, 2.75) is 44.9 Å². The van der Waals surface area contributed by atoms with Crippen LogP contribution in [-0.2, 0) is 11.3 Å². The molecule has 104 valence electrons. The summed E-state index contributed by atoms with van der Waals surface area (Å²) in [6.07, 6.45) is 1.68. The highest BCUT2D eigenvalue weighted by Gasteiger charge is 2.33. The molecule has 1 amide bonds. The van der Waals surface area contributed by atoms with Gasteiger partial charge in [0, 0.05) is 6.54 Å². The summed E-state index contributed by atoms with van der Waals surface area (Å²) in [5.41, 5.74) is 0.975. The fourth-order valence-corrected chi connectivity index (χ4v) is 2.49. The zero-order valence-electron chi connectivity index (χ0n) is 11.3. The third-order valence-electron chi connectivity index (χ3n) is 3.60. The van der Waals surface area contributed by atoms with Crippen molar-refractivity contribution in [2.75, 3.05) is 6.54 Å². The minimum Gasteiger partial charge on any atom is -0.445 e. The van der Waals surface area contributed by atoms with Gasteiger partial charge in [0.15, 0.2) is 0 Å². The SMILES string of the molecule is CCC(O)[C@H]1CCCN1C(=O)OCc1ccccc1. The van der Waals surface area contributed by atoms with Crippen molar-refractivity contribution in [3.8, 4) is 0 Å². The van der Waals surface area contributed by atoms with E-state index in [9.17, 15) is 9.90 Å². The molecule has 0 saturated carbocycles. The van der Waals surface area contributed by atoms with E-state index in [2.05, 4.69) is 0 Å². The van der Waals surface area contributed by atoms with Crippen LogP contribution < -0.4 is 0 Å². The van der Waals surface area contributed by atoms with Crippen molar-refractivity contribution in [3.63, 3.8) is 0 Å². The fourth-order valence-electron chi connectivity index (χ4n) is 2.49. The van der Waals surface area contributed by atoms with E-state index < -0.39 is 6.10 Å². The van der Waals surface area contributed by atoms with Gasteiger partial charge in [-0.05, 0) is 24.8 Å². The Balaban J connectivity index is 1.89. The Bertz CT molecular complexity index is 407. The molecule has 0 radical (unpaired) electrons. The molecule has 4 nitrogen and oxygen atoms in total. The molecule has 0 aliphatic carbocycles. The first kappa shape index (κ1) is 13.9. The predicted molar refractivity (Wildman–Crippen MR) is 72.7 cm³/mol. The maximum absolute atomic E-state index is 12.0. The maximum Gasteiger partial charge on any atom is 0.410 e. The molecule has 4 heteroatoms. The second-order valence-electron chi connectivity index (χ2n) is 4.92. The first-order valence-electron chi connectivity index (χ1n) is 6.87. The Morgan fingerprint density at radius 3 is 2.89 bits per heavy atom. The lowest BCUT2D eigenvalue weighted by molar-refractivity contribution is 0.0468. The summed E-state index contributed by atoms with van der Waals surface area (Å²) in [4.78, 5) is 13.7. The molecule has 1 saturated heterocycles. The number of likely N-dealkylation sites (tertiary alicyclic amines) is 1. The van der Waals surface area contributed by atoms with Gasteiger partial charge in [-0.3, -0.25) is 0 Å². The first-order valence-corrected chi connectivity index (χ1v) is 6.87. The number of hydrogen-bond donors (Lipinski definition) is 1. The zero-order chi connectivity index (χ0) is 13.7. The van der Waals surface area contributed by atoms with Gasteiger partial charge in [0.25, 0.3) is 0 Å². The molecule has 19 heavy (non-hydrogen) atoms. The lowest BCUT2D eigenvalue weighted by atomic mass is 10.1. The number of amides is 1. The van der Waals surface area contributed by atoms with Crippen molar-refractivity contribution in [3.05, 3.63) is 35.9 Å². The average molecular weight is 263 g/mol. The standard InChI is InChI=1S/C15H21NO3/c1-2-14(17)13-9-6-10-16(13)15(18)19-11-12-7-4-3-5-8-12/h3-5,7-8,13-14,17H,2,6,9-11H2,1H3/t13-,14?/m1/s1. The highest BCUT2D eigenvalue weighted by molar-refractivity contribution is 5.68. The molecule has 1 fully saturated rings. The number of benzene rings is 1. The highest BCUT2D eigenvalue weighted by Crippen LogP contribution is 2.22. The molecule has 1 aliphatic heterocycles. The van der Waals surface area contributed by atoms with E-state index in [0.29, 0.717) is 13.0 Å². The Hall–Kier alpha value is -1.55. The summed E-state index contributed by atoms with van der Waals surface area (Å²) in [5, 5.41) is 9.91. The van der Waals surface area contributed by atoms with Gasteiger partial charge in [-0.25, -0.2) is 4.79 Å². The van der Waals surface area contributed by atoms with Gasteiger partial charge >= 0.3 is 6.09 Å². The monoisotopic (exact) mass is 263 g/mol. The third kappa shape index (κ3) is 3.47. The zero-order valence-corrected chi connectivity index (χ0v) is 11.3. The van der Waals surface area contributed by atoms with Crippen molar-refractivity contribution >= 4 is 6.09 Å². The molecule has 1 heterocycles. The molecular weight excluding hydrogens is 242 g/mol. The van der Waals surface area contributed by atoms with E-state index in [0.717, 1.165) is 18.4 Å². The minimum atomic E-state index is -0.452. The van der Waals surface area contributed by atoms with Gasteiger partial charge < -0.3 is 14.7 Å². The van der Waals surface area contributed by atoms with Crippen molar-refractivity contribution in [1.82, 2.24) is 4.90 Å². The van der Waals surface area contributed by atoms with E-state index >= 15 is 0 Å². The summed E-state index contributed by atoms with van der Waals surface area (Å²) >= 11 is 0. The molecule has 1 aliphatic rings. The molecule has 1 N–H and O–H groups in total. The second-order valence-corrected chi connectivity index (χ2v) is 4.92. The summed E-state index contributed by atoms with van der Waals surface area (Å²) in [5.74, 6) is 0. The lowest BCUT2D eigenvalue weighted by Crippen LogP contribution is -2.42. The van der Waals surface area contributed by atoms with Crippen LogP contribution >= 0.6 is 0 Å². The molecule has 2 atom stereocenters. The topological polar surface area (TPSA) is 49.8 Å². The Labute approximate surface area is 114 Å².